The Morgan fingerprint density at radius 1 is 0.586 bits per heavy atom. The maximum absolute atomic E-state index is 5.51. The molecule has 0 N–H and O–H groups in total. The molecule has 0 saturated carbocycles. The van der Waals surface area contributed by atoms with Crippen molar-refractivity contribution >= 4 is 0 Å². The fourth-order valence-corrected chi connectivity index (χ4v) is 3.67. The molecule has 0 saturated heterocycles. The molecule has 29 heavy (non-hydrogen) atoms. The molecule has 0 spiro atoms. The molecule has 0 unspecified atom stereocenters. The van der Waals surface area contributed by atoms with Crippen LogP contribution in [0.1, 0.15) is 134 Å². The lowest BCUT2D eigenvalue weighted by atomic mass is 10.0. The zero-order chi connectivity index (χ0) is 21.7. The smallest absolute Gasteiger partial charge is 0.125 e. The zero-order valence-electron chi connectivity index (χ0n) is 20.9. The highest BCUT2D eigenvalue weighted by Crippen LogP contribution is 2.31. The summed E-state index contributed by atoms with van der Waals surface area (Å²) in [5.41, 5.74) is 4.04. The van der Waals surface area contributed by atoms with E-state index >= 15 is 0 Å². The van der Waals surface area contributed by atoms with Gasteiger partial charge in [0.1, 0.15) is 5.75 Å². The Balaban J connectivity index is 0.000000411. The Kier molecular flexibility index (Phi) is 19.6. The van der Waals surface area contributed by atoms with Gasteiger partial charge in [0.15, 0.2) is 0 Å². The first-order valence-corrected chi connectivity index (χ1v) is 12.8. The fraction of sp³-hybridized carbons (Fsp3) is 0.786. The van der Waals surface area contributed by atoms with E-state index < -0.39 is 0 Å². The van der Waals surface area contributed by atoms with Gasteiger partial charge in [-0.25, -0.2) is 0 Å². The molecule has 2 rings (SSSR count). The number of hydrogen-bond acceptors (Lipinski definition) is 1. The zero-order valence-corrected chi connectivity index (χ0v) is 20.9. The number of unbranched alkanes of at least 4 members (excludes halogenated alkanes) is 12. The maximum Gasteiger partial charge on any atom is 0.125 e. The summed E-state index contributed by atoms with van der Waals surface area (Å²) in [6.45, 7) is 14.2. The highest BCUT2D eigenvalue weighted by Gasteiger charge is 2.15. The Morgan fingerprint density at radius 2 is 0.966 bits per heavy atom. The van der Waals surface area contributed by atoms with Gasteiger partial charge in [-0.15, -0.1) is 0 Å². The van der Waals surface area contributed by atoms with Crippen LogP contribution in [0.4, 0.5) is 0 Å². The molecular weight excluding hydrogens is 352 g/mol. The van der Waals surface area contributed by atoms with Crippen LogP contribution < -0.4 is 4.74 Å². The van der Waals surface area contributed by atoms with Crippen molar-refractivity contribution in [2.45, 2.75) is 138 Å². The summed E-state index contributed by atoms with van der Waals surface area (Å²) >= 11 is 0. The van der Waals surface area contributed by atoms with Gasteiger partial charge in [-0.1, -0.05) is 130 Å². The molecule has 1 heteroatoms. The fourth-order valence-electron chi connectivity index (χ4n) is 3.67. The lowest BCUT2D eigenvalue weighted by Gasteiger charge is -2.04. The van der Waals surface area contributed by atoms with Crippen molar-refractivity contribution in [2.75, 3.05) is 6.61 Å². The number of benzene rings is 1. The normalized spacial score (nSPS) is 11.7. The van der Waals surface area contributed by atoms with Crippen molar-refractivity contribution < 1.29 is 4.74 Å². The minimum Gasteiger partial charge on any atom is -0.493 e. The highest BCUT2D eigenvalue weighted by atomic mass is 16.5. The van der Waals surface area contributed by atoms with Gasteiger partial charge in [0.2, 0.25) is 0 Å². The Bertz CT molecular complexity index is 422. The van der Waals surface area contributed by atoms with Crippen LogP contribution in [0.3, 0.4) is 0 Å². The quantitative estimate of drug-likeness (QED) is 0.315. The van der Waals surface area contributed by atoms with Crippen molar-refractivity contribution in [1.29, 1.82) is 0 Å². The SMILES string of the molecule is CCCCCCCCC.CCCCCCCCC.Cc1ccc(C)c2c1CCO2. The van der Waals surface area contributed by atoms with Gasteiger partial charge in [0.05, 0.1) is 6.61 Å². The minimum absolute atomic E-state index is 0.862. The van der Waals surface area contributed by atoms with Crippen molar-refractivity contribution in [2.24, 2.45) is 0 Å². The summed E-state index contributed by atoms with van der Waals surface area (Å²) in [6.07, 6.45) is 21.0. The lowest BCUT2D eigenvalue weighted by Crippen LogP contribution is -1.87. The van der Waals surface area contributed by atoms with E-state index in [4.69, 9.17) is 4.74 Å². The van der Waals surface area contributed by atoms with Gasteiger partial charge in [0, 0.05) is 12.0 Å². The predicted octanol–water partition coefficient (Wildman–Crippen LogP) is 9.75. The first-order valence-electron chi connectivity index (χ1n) is 12.8. The van der Waals surface area contributed by atoms with Crippen molar-refractivity contribution in [3.63, 3.8) is 0 Å². The molecule has 1 nitrogen and oxygen atoms in total. The summed E-state index contributed by atoms with van der Waals surface area (Å²) in [4.78, 5) is 0. The summed E-state index contributed by atoms with van der Waals surface area (Å²) in [6, 6.07) is 4.29. The lowest BCUT2D eigenvalue weighted by molar-refractivity contribution is 0.354. The van der Waals surface area contributed by atoms with Crippen molar-refractivity contribution in [3.8, 4) is 5.75 Å². The van der Waals surface area contributed by atoms with Crippen LogP contribution in [0, 0.1) is 13.8 Å². The molecule has 1 aromatic carbocycles. The summed E-state index contributed by atoms with van der Waals surface area (Å²) in [7, 11) is 0. The second kappa shape index (κ2) is 20.3. The monoisotopic (exact) mass is 404 g/mol. The molecule has 0 aliphatic carbocycles. The number of aryl methyl sites for hydroxylation is 2. The molecule has 1 aliphatic heterocycles. The number of hydrogen-bond donors (Lipinski definition) is 0. The molecule has 1 heterocycles. The summed E-state index contributed by atoms with van der Waals surface area (Å²) in [5, 5.41) is 0. The Morgan fingerprint density at radius 3 is 1.34 bits per heavy atom. The summed E-state index contributed by atoms with van der Waals surface area (Å²) < 4.78 is 5.51. The van der Waals surface area contributed by atoms with E-state index in [-0.39, 0.29) is 0 Å². The summed E-state index contributed by atoms with van der Waals surface area (Å²) in [5.74, 6) is 1.13. The molecule has 0 radical (unpaired) electrons. The van der Waals surface area contributed by atoms with E-state index in [1.54, 1.807) is 0 Å². The molecule has 1 aliphatic rings. The number of fused-ring (bicyclic) bond motifs is 1. The van der Waals surface area contributed by atoms with E-state index in [0.717, 1.165) is 18.8 Å². The first kappa shape index (κ1) is 28.0. The van der Waals surface area contributed by atoms with Crippen LogP contribution in [0.15, 0.2) is 12.1 Å². The van der Waals surface area contributed by atoms with Gasteiger partial charge in [-0.05, 0) is 25.0 Å². The van der Waals surface area contributed by atoms with Crippen LogP contribution in [0.5, 0.6) is 5.75 Å². The topological polar surface area (TPSA) is 9.23 Å². The Labute approximate surface area is 184 Å². The standard InChI is InChI=1S/C10H12O.2C9H20/c1-7-3-4-8(2)10-9(7)5-6-11-10;2*1-3-5-7-9-8-6-4-2/h3-4H,5-6H2,1-2H3;2*3-9H2,1-2H3. The third-order valence-corrected chi connectivity index (χ3v) is 5.70. The average Bonchev–Trinajstić information content (AvgIpc) is 3.23. The Hall–Kier alpha value is -0.980. The molecule has 170 valence electrons. The maximum atomic E-state index is 5.51. The van der Waals surface area contributed by atoms with Crippen LogP contribution in [0.2, 0.25) is 0 Å². The third kappa shape index (κ3) is 14.6. The predicted molar refractivity (Wildman–Crippen MR) is 132 cm³/mol. The van der Waals surface area contributed by atoms with E-state index in [2.05, 4.69) is 53.7 Å². The van der Waals surface area contributed by atoms with Crippen LogP contribution in [-0.2, 0) is 6.42 Å². The molecule has 0 bridgehead atoms. The van der Waals surface area contributed by atoms with E-state index in [9.17, 15) is 0 Å². The van der Waals surface area contributed by atoms with Gasteiger partial charge in [-0.3, -0.25) is 0 Å². The molecule has 0 aromatic heterocycles. The van der Waals surface area contributed by atoms with Gasteiger partial charge < -0.3 is 4.74 Å². The van der Waals surface area contributed by atoms with Crippen LogP contribution in [0.25, 0.3) is 0 Å². The first-order chi connectivity index (χ1) is 14.1. The molecular formula is C28H52O. The highest BCUT2D eigenvalue weighted by molar-refractivity contribution is 5.47. The van der Waals surface area contributed by atoms with Gasteiger partial charge in [0.25, 0.3) is 0 Å². The van der Waals surface area contributed by atoms with Crippen LogP contribution >= 0.6 is 0 Å². The second-order valence-electron chi connectivity index (χ2n) is 8.64. The van der Waals surface area contributed by atoms with Crippen molar-refractivity contribution in [1.82, 2.24) is 0 Å². The molecule has 1 aromatic rings. The minimum atomic E-state index is 0.862. The molecule has 0 amide bonds. The van der Waals surface area contributed by atoms with Gasteiger partial charge in [-0.2, -0.15) is 0 Å². The molecule has 0 fully saturated rings. The number of ether oxygens (including phenoxy) is 1. The van der Waals surface area contributed by atoms with E-state index in [1.807, 2.05) is 0 Å². The van der Waals surface area contributed by atoms with Gasteiger partial charge >= 0.3 is 0 Å². The third-order valence-electron chi connectivity index (χ3n) is 5.70. The second-order valence-corrected chi connectivity index (χ2v) is 8.64. The van der Waals surface area contributed by atoms with Crippen molar-refractivity contribution in [3.05, 3.63) is 28.8 Å². The van der Waals surface area contributed by atoms with E-state index in [0.29, 0.717) is 0 Å². The average molecular weight is 405 g/mol. The molecule has 0 atom stereocenters. The van der Waals surface area contributed by atoms with E-state index in [1.165, 1.54) is 107 Å². The van der Waals surface area contributed by atoms with Crippen LogP contribution in [-0.4, -0.2) is 6.61 Å². The largest absolute Gasteiger partial charge is 0.493 e. The number of rotatable bonds is 12.